The van der Waals surface area contributed by atoms with Gasteiger partial charge in [-0.1, -0.05) is 176 Å². The van der Waals surface area contributed by atoms with Crippen LogP contribution >= 0.6 is 0 Å². The van der Waals surface area contributed by atoms with Crippen molar-refractivity contribution in [3.8, 4) is 45.3 Å². The molecule has 0 spiro atoms. The summed E-state index contributed by atoms with van der Waals surface area (Å²) in [5, 5.41) is 14.7. The number of rotatable bonds is 4. The molecule has 3 heteroatoms. The lowest BCUT2D eigenvalue weighted by Crippen LogP contribution is -2.00. The molecule has 250 valence electrons. The van der Waals surface area contributed by atoms with Crippen molar-refractivity contribution >= 4 is 64.6 Å². The lowest BCUT2D eigenvalue weighted by molar-refractivity contribution is 1.08. The number of hydrogen-bond acceptors (Lipinski definition) is 3. The van der Waals surface area contributed by atoms with Crippen molar-refractivity contribution in [2.75, 3.05) is 0 Å². The molecule has 3 nitrogen and oxygen atoms in total. The van der Waals surface area contributed by atoms with Crippen LogP contribution in [0, 0.1) is 0 Å². The molecular formula is C51H31N3. The van der Waals surface area contributed by atoms with Crippen molar-refractivity contribution in [1.29, 1.82) is 0 Å². The van der Waals surface area contributed by atoms with E-state index in [9.17, 15) is 0 Å². The highest BCUT2D eigenvalue weighted by molar-refractivity contribution is 6.18. The van der Waals surface area contributed by atoms with Gasteiger partial charge in [-0.3, -0.25) is 0 Å². The molecule has 0 bridgehead atoms. The summed E-state index contributed by atoms with van der Waals surface area (Å²) in [6.45, 7) is 0. The first-order valence-electron chi connectivity index (χ1n) is 18.3. The van der Waals surface area contributed by atoms with Crippen molar-refractivity contribution < 1.29 is 0 Å². The third-order valence-electron chi connectivity index (χ3n) is 10.9. The molecule has 0 amide bonds. The third-order valence-corrected chi connectivity index (χ3v) is 10.9. The van der Waals surface area contributed by atoms with Crippen molar-refractivity contribution in [2.45, 2.75) is 0 Å². The molecular weight excluding hydrogens is 655 g/mol. The van der Waals surface area contributed by atoms with E-state index in [-0.39, 0.29) is 0 Å². The Hall–Kier alpha value is -7.23. The number of hydrogen-bond donors (Lipinski definition) is 0. The molecule has 54 heavy (non-hydrogen) atoms. The van der Waals surface area contributed by atoms with Gasteiger partial charge in [0.05, 0.1) is 0 Å². The molecule has 0 aliphatic heterocycles. The molecule has 0 saturated heterocycles. The Bertz CT molecular complexity index is 3260. The first-order chi connectivity index (χ1) is 26.7. The van der Waals surface area contributed by atoms with Gasteiger partial charge in [0, 0.05) is 16.7 Å². The molecule has 11 rings (SSSR count). The summed E-state index contributed by atoms with van der Waals surface area (Å²) < 4.78 is 0. The van der Waals surface area contributed by atoms with E-state index in [0.717, 1.165) is 27.6 Å². The molecule has 0 radical (unpaired) electrons. The van der Waals surface area contributed by atoms with Gasteiger partial charge in [-0.05, 0) is 87.9 Å². The second kappa shape index (κ2) is 12.2. The Labute approximate surface area is 311 Å². The monoisotopic (exact) mass is 685 g/mol. The van der Waals surface area contributed by atoms with Gasteiger partial charge < -0.3 is 0 Å². The van der Waals surface area contributed by atoms with Gasteiger partial charge in [-0.2, -0.15) is 0 Å². The van der Waals surface area contributed by atoms with Gasteiger partial charge in [0.25, 0.3) is 0 Å². The molecule has 1 heterocycles. The number of benzene rings is 10. The summed E-state index contributed by atoms with van der Waals surface area (Å²) in [5.41, 5.74) is 5.17. The van der Waals surface area contributed by atoms with Crippen molar-refractivity contribution in [1.82, 2.24) is 15.0 Å². The second-order valence-corrected chi connectivity index (χ2v) is 14.0. The summed E-state index contributed by atoms with van der Waals surface area (Å²) >= 11 is 0. The number of nitrogens with zero attached hydrogens (tertiary/aromatic N) is 3. The Morgan fingerprint density at radius 2 is 0.574 bits per heavy atom. The van der Waals surface area contributed by atoms with Crippen LogP contribution in [0.5, 0.6) is 0 Å². The van der Waals surface area contributed by atoms with Gasteiger partial charge in [0.15, 0.2) is 17.5 Å². The van der Waals surface area contributed by atoms with Crippen LogP contribution in [0.15, 0.2) is 188 Å². The maximum Gasteiger partial charge on any atom is 0.164 e. The molecule has 11 aromatic rings. The highest BCUT2D eigenvalue weighted by Crippen LogP contribution is 2.36. The smallest absolute Gasteiger partial charge is 0.164 e. The molecule has 0 fully saturated rings. The lowest BCUT2D eigenvalue weighted by atomic mass is 9.96. The minimum atomic E-state index is 0.642. The van der Waals surface area contributed by atoms with Crippen molar-refractivity contribution in [3.63, 3.8) is 0 Å². The van der Waals surface area contributed by atoms with Crippen LogP contribution in [0.25, 0.3) is 110 Å². The van der Waals surface area contributed by atoms with Crippen LogP contribution in [0.4, 0.5) is 0 Å². The number of aromatic nitrogens is 3. The molecule has 1 aromatic heterocycles. The predicted molar refractivity (Wildman–Crippen MR) is 227 cm³/mol. The van der Waals surface area contributed by atoms with Crippen LogP contribution in [0.1, 0.15) is 0 Å². The SMILES string of the molecule is c1ccc(-c2ccc(-c3nc(-c4ccc5c(ccc6c7ccccc7ccc56)c4)nc(-c4ccc5ccc6c7ccccc7ccc6c5c4)n3)cc2)cc1. The van der Waals surface area contributed by atoms with Gasteiger partial charge in [-0.25, -0.2) is 15.0 Å². The van der Waals surface area contributed by atoms with Crippen LogP contribution in [0.2, 0.25) is 0 Å². The quantitative estimate of drug-likeness (QED) is 0.173. The molecule has 0 aliphatic rings. The van der Waals surface area contributed by atoms with Crippen LogP contribution in [0.3, 0.4) is 0 Å². The van der Waals surface area contributed by atoms with Crippen molar-refractivity contribution in [2.24, 2.45) is 0 Å². The van der Waals surface area contributed by atoms with E-state index >= 15 is 0 Å². The zero-order valence-electron chi connectivity index (χ0n) is 29.2. The second-order valence-electron chi connectivity index (χ2n) is 14.0. The van der Waals surface area contributed by atoms with E-state index in [0.29, 0.717) is 17.5 Å². The van der Waals surface area contributed by atoms with Gasteiger partial charge in [-0.15, -0.1) is 0 Å². The van der Waals surface area contributed by atoms with E-state index in [4.69, 9.17) is 15.0 Å². The third kappa shape index (κ3) is 5.02. The van der Waals surface area contributed by atoms with E-state index in [2.05, 4.69) is 182 Å². The predicted octanol–water partition coefficient (Wildman–Crippen LogP) is 13.5. The van der Waals surface area contributed by atoms with Crippen LogP contribution in [-0.4, -0.2) is 15.0 Å². The Morgan fingerprint density at radius 1 is 0.204 bits per heavy atom. The standard InChI is InChI=1S/C51H31N3/c1-2-8-32(9-3-1)33-14-17-37(18-15-33)49-52-50(39-24-25-43-38(30-39)23-29-44-41-12-6-4-10-34(41)20-26-46(43)44)54-51(53-49)40-19-16-36-22-27-45-42-13-7-5-11-35(42)21-28-47(45)48(36)31-40/h1-31H. The Balaban J connectivity index is 1.09. The summed E-state index contributed by atoms with van der Waals surface area (Å²) in [4.78, 5) is 15.5. The minimum Gasteiger partial charge on any atom is -0.208 e. The van der Waals surface area contributed by atoms with Crippen LogP contribution < -0.4 is 0 Å². The number of fused-ring (bicyclic) bond motifs is 10. The maximum atomic E-state index is 5.19. The highest BCUT2D eigenvalue weighted by Gasteiger charge is 2.15. The molecule has 0 saturated carbocycles. The zero-order chi connectivity index (χ0) is 35.6. The van der Waals surface area contributed by atoms with E-state index in [1.807, 2.05) is 6.07 Å². The van der Waals surface area contributed by atoms with Gasteiger partial charge >= 0.3 is 0 Å². The van der Waals surface area contributed by atoms with Crippen molar-refractivity contribution in [3.05, 3.63) is 188 Å². The highest BCUT2D eigenvalue weighted by atomic mass is 15.0. The zero-order valence-corrected chi connectivity index (χ0v) is 29.2. The summed E-state index contributed by atoms with van der Waals surface area (Å²) in [7, 11) is 0. The summed E-state index contributed by atoms with van der Waals surface area (Å²) in [6, 6.07) is 67.1. The molecule has 0 atom stereocenters. The largest absolute Gasteiger partial charge is 0.208 e. The molecule has 10 aromatic carbocycles. The first kappa shape index (κ1) is 30.4. The molecule has 0 N–H and O–H groups in total. The Kier molecular flexibility index (Phi) is 6.86. The van der Waals surface area contributed by atoms with Gasteiger partial charge in [0.2, 0.25) is 0 Å². The van der Waals surface area contributed by atoms with E-state index in [1.54, 1.807) is 0 Å². The van der Waals surface area contributed by atoms with E-state index in [1.165, 1.54) is 64.8 Å². The first-order valence-corrected chi connectivity index (χ1v) is 18.3. The van der Waals surface area contributed by atoms with Crippen LogP contribution in [-0.2, 0) is 0 Å². The molecule has 0 aliphatic carbocycles. The maximum absolute atomic E-state index is 5.19. The fourth-order valence-electron chi connectivity index (χ4n) is 8.13. The summed E-state index contributed by atoms with van der Waals surface area (Å²) in [5.74, 6) is 1.93. The fourth-order valence-corrected chi connectivity index (χ4v) is 8.13. The fraction of sp³-hybridized carbons (Fsp3) is 0. The summed E-state index contributed by atoms with van der Waals surface area (Å²) in [6.07, 6.45) is 0. The minimum absolute atomic E-state index is 0.642. The molecule has 0 unspecified atom stereocenters. The average molecular weight is 686 g/mol. The topological polar surface area (TPSA) is 38.7 Å². The normalized spacial score (nSPS) is 11.7. The van der Waals surface area contributed by atoms with Gasteiger partial charge in [0.1, 0.15) is 0 Å². The lowest BCUT2D eigenvalue weighted by Gasteiger charge is -2.12. The Morgan fingerprint density at radius 3 is 1.20 bits per heavy atom. The van der Waals surface area contributed by atoms with E-state index < -0.39 is 0 Å². The average Bonchev–Trinajstić information content (AvgIpc) is 3.25.